The van der Waals surface area contributed by atoms with Crippen molar-refractivity contribution in [2.75, 3.05) is 5.32 Å². The second kappa shape index (κ2) is 12.4. The molecule has 0 unspecified atom stereocenters. The number of anilines is 1. The molecule has 2 aromatic carbocycles. The molecule has 3 rings (SSSR count). The highest BCUT2D eigenvalue weighted by Crippen LogP contribution is 2.29. The molecule has 178 valence electrons. The van der Waals surface area contributed by atoms with E-state index in [-0.39, 0.29) is 17.5 Å². The average Bonchev–Trinajstić information content (AvgIpc) is 2.83. The van der Waals surface area contributed by atoms with Crippen molar-refractivity contribution in [3.05, 3.63) is 76.4 Å². The molecular weight excluding hydrogens is 444 g/mol. The largest absolute Gasteiger partial charge is 0.389 e. The third-order valence-corrected chi connectivity index (χ3v) is 6.50. The number of ketones is 2. The zero-order valence-electron chi connectivity index (χ0n) is 19.7. The van der Waals surface area contributed by atoms with E-state index in [0.717, 1.165) is 56.2 Å². The van der Waals surface area contributed by atoms with Gasteiger partial charge in [-0.05, 0) is 50.5 Å². The fourth-order valence-corrected chi connectivity index (χ4v) is 4.40. The maximum Gasteiger partial charge on any atom is 0.224 e. The van der Waals surface area contributed by atoms with Gasteiger partial charge in [-0.2, -0.15) is 0 Å². The predicted octanol–water partition coefficient (Wildman–Crippen LogP) is 6.17. The van der Waals surface area contributed by atoms with Crippen molar-refractivity contribution in [3.63, 3.8) is 0 Å². The summed E-state index contributed by atoms with van der Waals surface area (Å²) in [6.45, 7) is 1.77. The molecule has 0 spiro atoms. The summed E-state index contributed by atoms with van der Waals surface area (Å²) >= 11 is 4.93. The number of rotatable bonds is 12. The molecule has 1 aliphatic rings. The molecule has 34 heavy (non-hydrogen) atoms. The van der Waals surface area contributed by atoms with Gasteiger partial charge in [0.05, 0.1) is 0 Å². The van der Waals surface area contributed by atoms with E-state index < -0.39 is 0 Å². The van der Waals surface area contributed by atoms with E-state index in [9.17, 15) is 14.4 Å². The Bertz CT molecular complexity index is 1100. The van der Waals surface area contributed by atoms with Gasteiger partial charge in [0.15, 0.2) is 11.6 Å². The molecule has 0 saturated heterocycles. The van der Waals surface area contributed by atoms with E-state index in [4.69, 9.17) is 18.0 Å². The second-order valence-electron chi connectivity index (χ2n) is 8.77. The van der Waals surface area contributed by atoms with Crippen LogP contribution in [0.1, 0.15) is 91.0 Å². The Labute approximate surface area is 206 Å². The minimum atomic E-state index is -0.0223. The smallest absolute Gasteiger partial charge is 0.224 e. The Kier molecular flexibility index (Phi) is 9.28. The van der Waals surface area contributed by atoms with Gasteiger partial charge in [-0.1, -0.05) is 68.6 Å². The number of allylic oxidation sites excluding steroid dienone is 2. The minimum Gasteiger partial charge on any atom is -0.389 e. The van der Waals surface area contributed by atoms with Gasteiger partial charge in [0.1, 0.15) is 4.99 Å². The van der Waals surface area contributed by atoms with E-state index in [1.165, 1.54) is 0 Å². The van der Waals surface area contributed by atoms with Gasteiger partial charge in [-0.3, -0.25) is 14.4 Å². The first-order valence-electron chi connectivity index (χ1n) is 12.0. The quantitative estimate of drug-likeness (QED) is 0.283. The van der Waals surface area contributed by atoms with Gasteiger partial charge in [-0.25, -0.2) is 0 Å². The van der Waals surface area contributed by atoms with Crippen molar-refractivity contribution in [1.29, 1.82) is 0 Å². The Balaban J connectivity index is 1.27. The summed E-state index contributed by atoms with van der Waals surface area (Å²) in [6.07, 6.45) is 8.25. The average molecular weight is 477 g/mol. The van der Waals surface area contributed by atoms with Crippen molar-refractivity contribution in [2.24, 2.45) is 5.73 Å². The van der Waals surface area contributed by atoms with Crippen molar-refractivity contribution in [2.45, 2.75) is 64.7 Å². The van der Waals surface area contributed by atoms with Gasteiger partial charge >= 0.3 is 0 Å². The third-order valence-electron chi connectivity index (χ3n) is 6.27. The van der Waals surface area contributed by atoms with Gasteiger partial charge in [0.25, 0.3) is 0 Å². The van der Waals surface area contributed by atoms with Crippen molar-refractivity contribution in [3.8, 4) is 0 Å². The number of hydrogen-bond acceptors (Lipinski definition) is 4. The lowest BCUT2D eigenvalue weighted by atomic mass is 9.82. The Morgan fingerprint density at radius 3 is 2.00 bits per heavy atom. The number of hydrogen-bond donors (Lipinski definition) is 2. The number of thiocarbonyl (C=S) groups is 1. The van der Waals surface area contributed by atoms with Crippen LogP contribution in [0.3, 0.4) is 0 Å². The molecule has 6 heteroatoms. The second-order valence-corrected chi connectivity index (χ2v) is 9.21. The predicted molar refractivity (Wildman–Crippen MR) is 140 cm³/mol. The number of benzene rings is 2. The number of unbranched alkanes of at least 4 members (excludes halogenated alkanes) is 6. The van der Waals surface area contributed by atoms with Crippen LogP contribution in [-0.4, -0.2) is 22.5 Å². The first kappa shape index (κ1) is 25.5. The van der Waals surface area contributed by atoms with Gasteiger partial charge in [0, 0.05) is 39.9 Å². The van der Waals surface area contributed by atoms with Crippen LogP contribution in [0.5, 0.6) is 0 Å². The highest BCUT2D eigenvalue weighted by Gasteiger charge is 2.28. The first-order chi connectivity index (χ1) is 16.4. The molecule has 1 aliphatic carbocycles. The Morgan fingerprint density at radius 2 is 1.38 bits per heavy atom. The number of Topliss-reactive ketones (excluding diaryl/α,β-unsaturated/α-hetero) is 2. The summed E-state index contributed by atoms with van der Waals surface area (Å²) in [6, 6.07) is 14.3. The summed E-state index contributed by atoms with van der Waals surface area (Å²) in [4.78, 5) is 37.8. The molecule has 5 nitrogen and oxygen atoms in total. The van der Waals surface area contributed by atoms with Gasteiger partial charge in [-0.15, -0.1) is 0 Å². The van der Waals surface area contributed by atoms with Crippen LogP contribution < -0.4 is 11.1 Å². The van der Waals surface area contributed by atoms with Crippen LogP contribution in [0, 0.1) is 0 Å². The molecular formula is C28H32N2O3S. The molecule has 0 saturated carbocycles. The number of carbonyl (C=O) groups excluding carboxylic acids is 3. The van der Waals surface area contributed by atoms with E-state index in [1.807, 2.05) is 6.07 Å². The molecule has 2 aromatic rings. The Hall–Kier alpha value is -3.12. The lowest BCUT2D eigenvalue weighted by Gasteiger charge is -2.18. The standard InChI is InChI=1S/C28H32N2O3S/c1-19-22(27(33)24-13-10-9-12-23(24)26(19)32)11-7-5-3-2-4-6-8-14-25(31)30-21-17-15-20(16-18-21)28(29)34/h9-10,12-13,15-18H,2-8,11,14H2,1H3,(H2,29,34)(H,30,31). The number of fused-ring (bicyclic) bond motifs is 1. The normalized spacial score (nSPS) is 13.1. The first-order valence-corrected chi connectivity index (χ1v) is 12.4. The molecule has 0 bridgehead atoms. The number of nitrogens with two attached hydrogens (primary N) is 1. The zero-order chi connectivity index (χ0) is 24.5. The minimum absolute atomic E-state index is 0.00441. The highest BCUT2D eigenvalue weighted by atomic mass is 32.1. The van der Waals surface area contributed by atoms with E-state index in [0.29, 0.717) is 40.1 Å². The highest BCUT2D eigenvalue weighted by molar-refractivity contribution is 7.80. The lowest BCUT2D eigenvalue weighted by molar-refractivity contribution is -0.116. The monoisotopic (exact) mass is 476 g/mol. The van der Waals surface area contributed by atoms with Crippen LogP contribution in [-0.2, 0) is 4.79 Å². The molecule has 0 heterocycles. The van der Waals surface area contributed by atoms with E-state index in [1.54, 1.807) is 49.4 Å². The number of nitrogens with one attached hydrogen (secondary N) is 1. The van der Waals surface area contributed by atoms with Crippen LogP contribution in [0.4, 0.5) is 5.69 Å². The zero-order valence-corrected chi connectivity index (χ0v) is 20.5. The summed E-state index contributed by atoms with van der Waals surface area (Å²) < 4.78 is 0. The number of amides is 1. The van der Waals surface area contributed by atoms with Crippen LogP contribution >= 0.6 is 12.2 Å². The van der Waals surface area contributed by atoms with Crippen LogP contribution in [0.15, 0.2) is 59.7 Å². The molecule has 0 radical (unpaired) electrons. The topological polar surface area (TPSA) is 89.3 Å². The molecule has 0 aliphatic heterocycles. The van der Waals surface area contributed by atoms with Crippen molar-refractivity contribution >= 4 is 40.4 Å². The van der Waals surface area contributed by atoms with E-state index >= 15 is 0 Å². The molecule has 3 N–H and O–H groups in total. The molecule has 0 atom stereocenters. The molecule has 1 amide bonds. The lowest BCUT2D eigenvalue weighted by Crippen LogP contribution is -2.20. The van der Waals surface area contributed by atoms with Crippen molar-refractivity contribution < 1.29 is 14.4 Å². The van der Waals surface area contributed by atoms with Gasteiger partial charge < -0.3 is 11.1 Å². The molecule has 0 fully saturated rings. The Morgan fingerprint density at radius 1 is 0.824 bits per heavy atom. The van der Waals surface area contributed by atoms with Crippen LogP contribution in [0.25, 0.3) is 0 Å². The SMILES string of the molecule is CC1=C(CCCCCCCCCC(=O)Nc2ccc(C(N)=S)cc2)C(=O)c2ccccc2C1=O. The third kappa shape index (κ3) is 6.70. The summed E-state index contributed by atoms with van der Waals surface area (Å²) in [5.74, 6) is -0.00402. The number of carbonyl (C=O) groups is 3. The van der Waals surface area contributed by atoms with Crippen LogP contribution in [0.2, 0.25) is 0 Å². The maximum atomic E-state index is 12.8. The van der Waals surface area contributed by atoms with Gasteiger partial charge in [0.2, 0.25) is 5.91 Å². The van der Waals surface area contributed by atoms with Crippen molar-refractivity contribution in [1.82, 2.24) is 0 Å². The fourth-order valence-electron chi connectivity index (χ4n) is 4.26. The summed E-state index contributed by atoms with van der Waals surface area (Å²) in [5.41, 5.74) is 9.44. The molecule has 0 aromatic heterocycles. The summed E-state index contributed by atoms with van der Waals surface area (Å²) in [7, 11) is 0. The fraction of sp³-hybridized carbons (Fsp3) is 0.357. The summed E-state index contributed by atoms with van der Waals surface area (Å²) in [5, 5.41) is 2.90. The van der Waals surface area contributed by atoms with E-state index in [2.05, 4.69) is 5.32 Å². The maximum absolute atomic E-state index is 12.8.